The number of sulfonamides is 1. The van der Waals surface area contributed by atoms with Crippen molar-refractivity contribution in [3.8, 4) is 0 Å². The van der Waals surface area contributed by atoms with E-state index in [4.69, 9.17) is 4.74 Å². The Morgan fingerprint density at radius 1 is 1.17 bits per heavy atom. The molecule has 0 radical (unpaired) electrons. The van der Waals surface area contributed by atoms with Gasteiger partial charge in [0, 0.05) is 17.3 Å². The number of hydrogen-bond donors (Lipinski definition) is 1. The molecule has 29 heavy (non-hydrogen) atoms. The van der Waals surface area contributed by atoms with Crippen LogP contribution >= 0.6 is 0 Å². The topological polar surface area (TPSA) is 77.4 Å². The number of nitrogens with one attached hydrogen (secondary N) is 1. The third-order valence-electron chi connectivity index (χ3n) is 7.26. The van der Waals surface area contributed by atoms with Crippen molar-refractivity contribution in [3.05, 3.63) is 33.7 Å². The molecule has 7 heteroatoms. The van der Waals surface area contributed by atoms with Crippen LogP contribution in [0.15, 0.2) is 16.9 Å². The van der Waals surface area contributed by atoms with Gasteiger partial charge in [-0.1, -0.05) is 13.0 Å². The smallest absolute Gasteiger partial charge is 0.254 e. The molecule has 1 aromatic rings. The van der Waals surface area contributed by atoms with E-state index in [1.54, 1.807) is 11.5 Å². The Balaban J connectivity index is 1.47. The summed E-state index contributed by atoms with van der Waals surface area (Å²) >= 11 is 0. The van der Waals surface area contributed by atoms with Gasteiger partial charge in [0.2, 0.25) is 10.0 Å². The van der Waals surface area contributed by atoms with Crippen molar-refractivity contribution < 1.29 is 13.2 Å². The molecular weight excluding hydrogens is 388 g/mol. The second-order valence-electron chi connectivity index (χ2n) is 9.53. The molecule has 0 bridgehead atoms. The highest BCUT2D eigenvalue weighted by molar-refractivity contribution is 7.88. The first-order valence-corrected chi connectivity index (χ1v) is 12.9. The fourth-order valence-corrected chi connectivity index (χ4v) is 6.29. The summed E-state index contributed by atoms with van der Waals surface area (Å²) in [7, 11) is -3.36. The molecule has 1 aromatic heterocycles. The molecule has 2 aliphatic carbocycles. The van der Waals surface area contributed by atoms with Crippen molar-refractivity contribution in [1.29, 1.82) is 0 Å². The van der Waals surface area contributed by atoms with Gasteiger partial charge in [-0.05, 0) is 75.7 Å². The zero-order valence-corrected chi connectivity index (χ0v) is 18.6. The molecule has 6 nitrogen and oxygen atoms in total. The van der Waals surface area contributed by atoms with Crippen LogP contribution in [0, 0.1) is 24.7 Å². The summed E-state index contributed by atoms with van der Waals surface area (Å²) in [4.78, 5) is 12.9. The minimum Gasteiger partial charge on any atom is -0.376 e. The number of nitrogens with zero attached hydrogens (tertiary/aromatic N) is 1. The molecule has 0 aromatic carbocycles. The Bertz CT molecular complexity index is 902. The van der Waals surface area contributed by atoms with E-state index in [1.165, 1.54) is 25.5 Å². The average Bonchev–Trinajstić information content (AvgIpc) is 3.40. The van der Waals surface area contributed by atoms with Crippen molar-refractivity contribution >= 4 is 10.0 Å². The number of aromatic nitrogens is 1. The monoisotopic (exact) mass is 422 g/mol. The lowest BCUT2D eigenvalue weighted by molar-refractivity contribution is -0.00874. The number of aryl methyl sites for hydroxylation is 2. The lowest BCUT2D eigenvalue weighted by atomic mass is 9.83. The van der Waals surface area contributed by atoms with Gasteiger partial charge in [-0.3, -0.25) is 4.79 Å². The zero-order chi connectivity index (χ0) is 20.8. The maximum Gasteiger partial charge on any atom is 0.254 e. The Kier molecular flexibility index (Phi) is 5.93. The Hall–Kier alpha value is -1.18. The van der Waals surface area contributed by atoms with Crippen LogP contribution in [0.25, 0.3) is 0 Å². The van der Waals surface area contributed by atoms with Gasteiger partial charge in [0.25, 0.3) is 5.56 Å². The van der Waals surface area contributed by atoms with Crippen LogP contribution in [-0.4, -0.2) is 38.0 Å². The summed E-state index contributed by atoms with van der Waals surface area (Å²) in [6, 6.07) is 3.22. The van der Waals surface area contributed by atoms with Crippen molar-refractivity contribution in [2.24, 2.45) is 17.8 Å². The molecule has 0 spiro atoms. The number of hydrogen-bond acceptors (Lipinski definition) is 4. The first kappa shape index (κ1) is 21.1. The van der Waals surface area contributed by atoms with E-state index in [2.05, 4.69) is 11.6 Å². The summed E-state index contributed by atoms with van der Waals surface area (Å²) < 4.78 is 34.6. The fraction of sp³-hybridized carbons (Fsp3) is 0.773. The molecule has 1 N–H and O–H groups in total. The quantitative estimate of drug-likeness (QED) is 0.765. The second kappa shape index (κ2) is 8.16. The molecule has 0 saturated heterocycles. The second-order valence-corrected chi connectivity index (χ2v) is 11.3. The van der Waals surface area contributed by atoms with E-state index in [-0.39, 0.29) is 23.7 Å². The SMILES string of the molecule is Cc1ccc2n(c1=O)C(COC1CCC(C3CC3C)CC1)C(NS(C)(=O)=O)CC2. The molecule has 1 aliphatic heterocycles. The Morgan fingerprint density at radius 3 is 2.48 bits per heavy atom. The number of ether oxygens (including phenoxy) is 1. The lowest BCUT2D eigenvalue weighted by Gasteiger charge is -2.37. The van der Waals surface area contributed by atoms with E-state index in [1.807, 2.05) is 12.1 Å². The minimum absolute atomic E-state index is 0.0393. The maximum absolute atomic E-state index is 12.9. The first-order valence-electron chi connectivity index (χ1n) is 11.0. The fourth-order valence-electron chi connectivity index (χ4n) is 5.47. The van der Waals surface area contributed by atoms with Crippen LogP contribution in [0.5, 0.6) is 0 Å². The van der Waals surface area contributed by atoms with E-state index in [0.717, 1.165) is 36.3 Å². The average molecular weight is 423 g/mol. The van der Waals surface area contributed by atoms with E-state index >= 15 is 0 Å². The van der Waals surface area contributed by atoms with Crippen LogP contribution < -0.4 is 10.3 Å². The van der Waals surface area contributed by atoms with Gasteiger partial charge in [0.05, 0.1) is 25.0 Å². The van der Waals surface area contributed by atoms with Gasteiger partial charge in [0.1, 0.15) is 0 Å². The molecule has 2 heterocycles. The van der Waals surface area contributed by atoms with E-state index in [9.17, 15) is 13.2 Å². The first-order chi connectivity index (χ1) is 13.7. The van der Waals surface area contributed by atoms with Crippen LogP contribution in [0.2, 0.25) is 0 Å². The minimum atomic E-state index is -3.36. The van der Waals surface area contributed by atoms with Crippen LogP contribution in [0.1, 0.15) is 62.7 Å². The highest BCUT2D eigenvalue weighted by Gasteiger charge is 2.41. The summed E-state index contributed by atoms with van der Waals surface area (Å²) in [5.41, 5.74) is 1.60. The lowest BCUT2D eigenvalue weighted by Crippen LogP contribution is -2.49. The Morgan fingerprint density at radius 2 is 1.86 bits per heavy atom. The van der Waals surface area contributed by atoms with Gasteiger partial charge in [-0.15, -0.1) is 0 Å². The molecule has 162 valence electrons. The Labute approximate surface area is 174 Å². The maximum atomic E-state index is 12.9. The summed E-state index contributed by atoms with van der Waals surface area (Å²) in [5, 5.41) is 0. The molecule has 2 fully saturated rings. The molecule has 0 amide bonds. The molecule has 4 unspecified atom stereocenters. The summed E-state index contributed by atoms with van der Waals surface area (Å²) in [6.45, 7) is 4.53. The summed E-state index contributed by atoms with van der Waals surface area (Å²) in [6.07, 6.45) is 8.73. The predicted molar refractivity (Wildman–Crippen MR) is 114 cm³/mol. The number of fused-ring (bicyclic) bond motifs is 1. The molecule has 2 saturated carbocycles. The van der Waals surface area contributed by atoms with Gasteiger partial charge < -0.3 is 9.30 Å². The number of rotatable bonds is 6. The molecular formula is C22H34N2O4S. The van der Waals surface area contributed by atoms with Gasteiger partial charge in [-0.2, -0.15) is 0 Å². The molecule has 4 rings (SSSR count). The summed E-state index contributed by atoms with van der Waals surface area (Å²) in [5.74, 6) is 2.67. The normalized spacial score (nSPS) is 34.6. The molecule has 4 atom stereocenters. The van der Waals surface area contributed by atoms with E-state index < -0.39 is 10.0 Å². The van der Waals surface area contributed by atoms with Gasteiger partial charge in [-0.25, -0.2) is 13.1 Å². The van der Waals surface area contributed by atoms with Gasteiger partial charge >= 0.3 is 0 Å². The highest BCUT2D eigenvalue weighted by atomic mass is 32.2. The molecule has 3 aliphatic rings. The van der Waals surface area contributed by atoms with Crippen molar-refractivity contribution in [2.75, 3.05) is 12.9 Å². The predicted octanol–water partition coefficient (Wildman–Crippen LogP) is 2.79. The van der Waals surface area contributed by atoms with Crippen LogP contribution in [0.3, 0.4) is 0 Å². The van der Waals surface area contributed by atoms with Crippen molar-refractivity contribution in [2.45, 2.75) is 77.0 Å². The van der Waals surface area contributed by atoms with Crippen molar-refractivity contribution in [3.63, 3.8) is 0 Å². The number of pyridine rings is 1. The standard InChI is InChI=1S/C22H34N2O4S/c1-14-4-7-17-8-11-20(23-29(3,26)27)21(24(17)22(14)25)13-28-18-9-5-16(6-10-18)19-12-15(19)2/h4,7,15-16,18-21,23H,5-6,8-13H2,1-3H3. The van der Waals surface area contributed by atoms with Crippen LogP contribution in [-0.2, 0) is 21.2 Å². The van der Waals surface area contributed by atoms with Gasteiger partial charge in [0.15, 0.2) is 0 Å². The highest BCUT2D eigenvalue weighted by Crippen LogP contribution is 2.49. The third kappa shape index (κ3) is 4.78. The largest absolute Gasteiger partial charge is 0.376 e. The van der Waals surface area contributed by atoms with E-state index in [0.29, 0.717) is 25.0 Å². The van der Waals surface area contributed by atoms with Crippen LogP contribution in [0.4, 0.5) is 0 Å². The zero-order valence-electron chi connectivity index (χ0n) is 17.8. The third-order valence-corrected chi connectivity index (χ3v) is 7.99. The van der Waals surface area contributed by atoms with Crippen molar-refractivity contribution in [1.82, 2.24) is 9.29 Å².